The number of carbonyl (C=O) groups excluding carboxylic acids is 1. The number of aryl methyl sites for hydroxylation is 1. The normalized spacial score (nSPS) is 15.6. The molecule has 0 radical (unpaired) electrons. The lowest BCUT2D eigenvalue weighted by molar-refractivity contribution is -0.107. The average molecular weight is 473 g/mol. The molecule has 2 aliphatic heterocycles. The van der Waals surface area contributed by atoms with E-state index in [4.69, 9.17) is 5.73 Å². The molecule has 0 unspecified atom stereocenters. The van der Waals surface area contributed by atoms with E-state index < -0.39 is 0 Å². The molecule has 1 fully saturated rings. The van der Waals surface area contributed by atoms with Gasteiger partial charge < -0.3 is 15.5 Å². The van der Waals surface area contributed by atoms with Gasteiger partial charge in [-0.15, -0.1) is 0 Å². The number of imidazole rings is 1. The number of rotatable bonds is 3. The monoisotopic (exact) mass is 472 g/mol. The molecule has 0 saturated carbocycles. The largest absolute Gasteiger partial charge is 0.398 e. The molecule has 10 heteroatoms. The Morgan fingerprint density at radius 2 is 1.91 bits per heavy atom. The maximum absolute atomic E-state index is 12.3. The van der Waals surface area contributed by atoms with Crippen molar-refractivity contribution in [3.63, 3.8) is 0 Å². The third-order valence-electron chi connectivity index (χ3n) is 6.66. The number of aromatic amines is 1. The van der Waals surface area contributed by atoms with E-state index >= 15 is 0 Å². The summed E-state index contributed by atoms with van der Waals surface area (Å²) in [6.45, 7) is 4.48. The van der Waals surface area contributed by atoms with Crippen LogP contribution in [0.3, 0.4) is 0 Å². The van der Waals surface area contributed by atoms with Crippen molar-refractivity contribution in [1.82, 2.24) is 24.5 Å². The summed E-state index contributed by atoms with van der Waals surface area (Å²) in [5.41, 5.74) is 11.0. The molecule has 3 aromatic heterocycles. The number of nitrogen functional groups attached to an aromatic ring is 1. The van der Waals surface area contributed by atoms with E-state index in [1.54, 1.807) is 17.4 Å². The molecule has 0 spiro atoms. The number of nitrogens with two attached hydrogens (primary N) is 1. The van der Waals surface area contributed by atoms with Gasteiger partial charge in [0.15, 0.2) is 5.65 Å². The molecule has 6 rings (SSSR count). The van der Waals surface area contributed by atoms with Crippen LogP contribution in [0.5, 0.6) is 0 Å². The minimum absolute atomic E-state index is 0.0740. The fourth-order valence-electron chi connectivity index (χ4n) is 4.88. The van der Waals surface area contributed by atoms with Crippen LogP contribution >= 0.6 is 0 Å². The Labute approximate surface area is 202 Å². The van der Waals surface area contributed by atoms with Gasteiger partial charge in [-0.1, -0.05) is 6.07 Å². The van der Waals surface area contributed by atoms with Crippen molar-refractivity contribution in [3.05, 3.63) is 70.7 Å². The molecule has 0 aliphatic carbocycles. The van der Waals surface area contributed by atoms with Crippen LogP contribution in [-0.4, -0.2) is 50.5 Å². The molecule has 5 heterocycles. The number of pyridine rings is 1. The number of hydrogen-bond donors (Lipinski definition) is 2. The number of anilines is 3. The van der Waals surface area contributed by atoms with Crippen molar-refractivity contribution in [2.75, 3.05) is 35.2 Å². The molecule has 1 amide bonds. The molecule has 35 heavy (non-hydrogen) atoms. The zero-order chi connectivity index (χ0) is 24.4. The quantitative estimate of drug-likeness (QED) is 0.346. The fourth-order valence-corrected chi connectivity index (χ4v) is 4.88. The van der Waals surface area contributed by atoms with E-state index in [9.17, 15) is 9.59 Å². The first kappa shape index (κ1) is 22.6. The number of hydrogen-bond acceptors (Lipinski definition) is 7. The highest BCUT2D eigenvalue weighted by Crippen LogP contribution is 2.30. The van der Waals surface area contributed by atoms with Crippen LogP contribution in [0, 0.1) is 6.92 Å². The highest BCUT2D eigenvalue weighted by molar-refractivity contribution is 5.82. The predicted octanol–water partition coefficient (Wildman–Crippen LogP) is 2.45. The van der Waals surface area contributed by atoms with Gasteiger partial charge in [-0.3, -0.25) is 14.3 Å². The van der Waals surface area contributed by atoms with Crippen molar-refractivity contribution >= 4 is 34.8 Å². The van der Waals surface area contributed by atoms with Gasteiger partial charge >= 0.3 is 5.69 Å². The summed E-state index contributed by atoms with van der Waals surface area (Å²) in [4.78, 5) is 42.3. The van der Waals surface area contributed by atoms with Gasteiger partial charge in [-0.2, -0.15) is 0 Å². The fraction of sp³-hybridized carbons (Fsp3) is 0.320. The van der Waals surface area contributed by atoms with Crippen LogP contribution < -0.4 is 21.2 Å². The second-order valence-electron chi connectivity index (χ2n) is 8.80. The predicted molar refractivity (Wildman–Crippen MR) is 136 cm³/mol. The summed E-state index contributed by atoms with van der Waals surface area (Å²) in [6.07, 6.45) is 6.84. The van der Waals surface area contributed by atoms with Gasteiger partial charge in [0, 0.05) is 60.6 Å². The maximum Gasteiger partial charge on any atom is 0.327 e. The van der Waals surface area contributed by atoms with Crippen molar-refractivity contribution in [3.8, 4) is 0 Å². The minimum atomic E-state index is -0.0740. The second kappa shape index (κ2) is 9.57. The molecule has 0 bridgehead atoms. The standard InChI is InChI=1S/C16H18N6O.C9H10N2O/c1-11-9-14(19-10-18-11)21-7-4-12(5-8-21)22-13-3-2-6-17-15(13)20-16(22)23;10-8-2-1-3-9-7(8)4-5-11(9)6-12/h2-3,6,9-10,12H,4-5,7-8H2,1H3,(H,17,20,23);1-3,6H,4-5,10H2. The highest BCUT2D eigenvalue weighted by atomic mass is 16.1. The van der Waals surface area contributed by atoms with Gasteiger partial charge in [0.1, 0.15) is 12.1 Å². The molecule has 1 aromatic carbocycles. The van der Waals surface area contributed by atoms with Gasteiger partial charge in [0.25, 0.3) is 0 Å². The third-order valence-corrected chi connectivity index (χ3v) is 6.66. The Kier molecular flexibility index (Phi) is 6.17. The van der Waals surface area contributed by atoms with E-state index in [0.29, 0.717) is 5.65 Å². The number of nitrogens with one attached hydrogen (secondary N) is 1. The summed E-state index contributed by atoms with van der Waals surface area (Å²) in [7, 11) is 0. The zero-order valence-corrected chi connectivity index (χ0v) is 19.6. The Hall–Kier alpha value is -4.21. The number of carbonyl (C=O) groups is 1. The SMILES string of the molecule is Cc1cc(N2CCC(n3c(=O)[nH]c4ncccc43)CC2)ncn1.Nc1cccc2c1CCN2C=O. The smallest absolute Gasteiger partial charge is 0.327 e. The third kappa shape index (κ3) is 4.46. The Morgan fingerprint density at radius 3 is 2.69 bits per heavy atom. The molecule has 180 valence electrons. The van der Waals surface area contributed by atoms with Gasteiger partial charge in [-0.05, 0) is 50.5 Å². The highest BCUT2D eigenvalue weighted by Gasteiger charge is 2.24. The summed E-state index contributed by atoms with van der Waals surface area (Å²) in [5, 5.41) is 0. The van der Waals surface area contributed by atoms with E-state index in [1.807, 2.05) is 47.9 Å². The first-order chi connectivity index (χ1) is 17.0. The topological polar surface area (TPSA) is 126 Å². The number of piperidine rings is 1. The Balaban J connectivity index is 0.000000178. The van der Waals surface area contributed by atoms with Crippen LogP contribution in [0.4, 0.5) is 17.2 Å². The van der Waals surface area contributed by atoms with Crippen molar-refractivity contribution in [2.24, 2.45) is 0 Å². The molecule has 10 nitrogen and oxygen atoms in total. The lowest BCUT2D eigenvalue weighted by atomic mass is 10.0. The van der Waals surface area contributed by atoms with E-state index in [0.717, 1.165) is 79.3 Å². The molecule has 0 atom stereocenters. The Morgan fingerprint density at radius 1 is 1.09 bits per heavy atom. The summed E-state index contributed by atoms with van der Waals surface area (Å²) in [6, 6.07) is 11.7. The van der Waals surface area contributed by atoms with E-state index in [-0.39, 0.29) is 11.7 Å². The summed E-state index contributed by atoms with van der Waals surface area (Å²) < 4.78 is 1.85. The number of amides is 1. The second-order valence-corrected chi connectivity index (χ2v) is 8.80. The molecular weight excluding hydrogens is 444 g/mol. The van der Waals surface area contributed by atoms with Crippen LogP contribution in [0.15, 0.2) is 53.7 Å². The van der Waals surface area contributed by atoms with Gasteiger partial charge in [-0.25, -0.2) is 19.7 Å². The number of H-pyrrole nitrogens is 1. The van der Waals surface area contributed by atoms with E-state index in [2.05, 4.69) is 24.8 Å². The van der Waals surface area contributed by atoms with Crippen molar-refractivity contribution < 1.29 is 4.79 Å². The lowest BCUT2D eigenvalue weighted by Crippen LogP contribution is -2.37. The molecular formula is C25H28N8O2. The zero-order valence-electron chi connectivity index (χ0n) is 19.6. The molecule has 1 saturated heterocycles. The molecule has 3 N–H and O–H groups in total. The first-order valence-electron chi connectivity index (χ1n) is 11.7. The Bertz CT molecular complexity index is 1400. The number of aromatic nitrogens is 5. The lowest BCUT2D eigenvalue weighted by Gasteiger charge is -2.33. The minimum Gasteiger partial charge on any atom is -0.398 e. The van der Waals surface area contributed by atoms with Gasteiger partial charge in [0.05, 0.1) is 5.52 Å². The maximum atomic E-state index is 12.3. The van der Waals surface area contributed by atoms with Crippen LogP contribution in [0.25, 0.3) is 11.2 Å². The first-order valence-corrected chi connectivity index (χ1v) is 11.7. The van der Waals surface area contributed by atoms with Crippen molar-refractivity contribution in [1.29, 1.82) is 0 Å². The van der Waals surface area contributed by atoms with Crippen LogP contribution in [-0.2, 0) is 11.2 Å². The average Bonchev–Trinajstić information content (AvgIpc) is 3.45. The van der Waals surface area contributed by atoms with Gasteiger partial charge in [0.2, 0.25) is 6.41 Å². The summed E-state index contributed by atoms with van der Waals surface area (Å²) in [5.74, 6) is 0.962. The van der Waals surface area contributed by atoms with Crippen LogP contribution in [0.1, 0.15) is 30.1 Å². The number of fused-ring (bicyclic) bond motifs is 2. The van der Waals surface area contributed by atoms with Crippen LogP contribution in [0.2, 0.25) is 0 Å². The van der Waals surface area contributed by atoms with E-state index in [1.165, 1.54) is 0 Å². The molecule has 4 aromatic rings. The summed E-state index contributed by atoms with van der Waals surface area (Å²) >= 11 is 0. The number of benzene rings is 1. The molecule has 2 aliphatic rings. The number of nitrogens with zero attached hydrogens (tertiary/aromatic N) is 6. The van der Waals surface area contributed by atoms with Crippen molar-refractivity contribution in [2.45, 2.75) is 32.2 Å².